The maximum atomic E-state index is 8.63. The Labute approximate surface area is 122 Å². The third-order valence-electron chi connectivity index (χ3n) is 4.01. The molecule has 1 aromatic carbocycles. The molecule has 0 bridgehead atoms. The fourth-order valence-electron chi connectivity index (χ4n) is 2.61. The Balaban J connectivity index is 1.92. The van der Waals surface area contributed by atoms with E-state index in [2.05, 4.69) is 60.9 Å². The van der Waals surface area contributed by atoms with Gasteiger partial charge in [-0.15, -0.1) is 0 Å². The monoisotopic (exact) mass is 271 g/mol. The van der Waals surface area contributed by atoms with Crippen molar-refractivity contribution in [1.29, 1.82) is 5.26 Å². The lowest BCUT2D eigenvalue weighted by molar-refractivity contribution is 0.263. The molecule has 0 aromatic heterocycles. The molecule has 2 rings (SSSR count). The van der Waals surface area contributed by atoms with Crippen LogP contribution in [0.4, 0.5) is 5.69 Å². The second-order valence-corrected chi connectivity index (χ2v) is 6.53. The second kappa shape index (κ2) is 6.28. The van der Waals surface area contributed by atoms with Crippen LogP contribution in [0.25, 0.3) is 0 Å². The van der Waals surface area contributed by atoms with Crippen LogP contribution < -0.4 is 4.90 Å². The van der Waals surface area contributed by atoms with E-state index < -0.39 is 0 Å². The normalized spacial score (nSPS) is 17.0. The quantitative estimate of drug-likeness (QED) is 0.846. The smallest absolute Gasteiger partial charge is 0.0635 e. The van der Waals surface area contributed by atoms with Crippen LogP contribution in [-0.4, -0.2) is 37.6 Å². The van der Waals surface area contributed by atoms with Crippen molar-refractivity contribution in [3.63, 3.8) is 0 Å². The summed E-state index contributed by atoms with van der Waals surface area (Å²) in [4.78, 5) is 4.82. The van der Waals surface area contributed by atoms with Crippen molar-refractivity contribution in [2.45, 2.75) is 32.6 Å². The number of rotatable bonds is 3. The van der Waals surface area contributed by atoms with Gasteiger partial charge in [0.15, 0.2) is 0 Å². The van der Waals surface area contributed by atoms with Crippen molar-refractivity contribution in [2.24, 2.45) is 0 Å². The summed E-state index contributed by atoms with van der Waals surface area (Å²) in [6.07, 6.45) is 0.639. The van der Waals surface area contributed by atoms with Crippen molar-refractivity contribution in [2.75, 3.05) is 37.6 Å². The average molecular weight is 271 g/mol. The summed E-state index contributed by atoms with van der Waals surface area (Å²) in [5.41, 5.74) is 2.92. The molecule has 0 spiro atoms. The highest BCUT2D eigenvalue weighted by atomic mass is 15.3. The first-order chi connectivity index (χ1) is 9.50. The van der Waals surface area contributed by atoms with Gasteiger partial charge >= 0.3 is 0 Å². The minimum absolute atomic E-state index is 0.217. The van der Waals surface area contributed by atoms with E-state index in [1.54, 1.807) is 0 Å². The zero-order valence-corrected chi connectivity index (χ0v) is 12.9. The second-order valence-electron chi connectivity index (χ2n) is 6.53. The Kier molecular flexibility index (Phi) is 4.67. The largest absolute Gasteiger partial charge is 0.369 e. The van der Waals surface area contributed by atoms with E-state index >= 15 is 0 Å². The Morgan fingerprint density at radius 1 is 1.05 bits per heavy atom. The van der Waals surface area contributed by atoms with Gasteiger partial charge in [0.2, 0.25) is 0 Å². The molecule has 0 aliphatic carbocycles. The lowest BCUT2D eigenvalue weighted by atomic mass is 9.87. The SMILES string of the molecule is CC(C)(C)c1ccc(N2CCN(CCC#N)CC2)cc1. The van der Waals surface area contributed by atoms with Crippen molar-refractivity contribution < 1.29 is 0 Å². The molecular weight excluding hydrogens is 246 g/mol. The summed E-state index contributed by atoms with van der Waals surface area (Å²) in [5.74, 6) is 0. The molecule has 0 amide bonds. The van der Waals surface area contributed by atoms with Crippen LogP contribution >= 0.6 is 0 Å². The number of nitriles is 1. The molecule has 3 heteroatoms. The molecule has 1 saturated heterocycles. The van der Waals surface area contributed by atoms with Crippen LogP contribution in [0.2, 0.25) is 0 Å². The van der Waals surface area contributed by atoms with Gasteiger partial charge in [-0.05, 0) is 23.1 Å². The molecule has 1 aromatic rings. The van der Waals surface area contributed by atoms with Gasteiger partial charge in [-0.1, -0.05) is 32.9 Å². The molecule has 0 saturated carbocycles. The van der Waals surface area contributed by atoms with Crippen molar-refractivity contribution >= 4 is 5.69 Å². The van der Waals surface area contributed by atoms with Gasteiger partial charge in [0.05, 0.1) is 6.07 Å². The highest BCUT2D eigenvalue weighted by molar-refractivity contribution is 5.49. The molecular formula is C17H25N3. The van der Waals surface area contributed by atoms with Gasteiger partial charge in [-0.25, -0.2) is 0 Å². The Morgan fingerprint density at radius 3 is 2.15 bits per heavy atom. The molecule has 1 aliphatic rings. The van der Waals surface area contributed by atoms with Crippen LogP contribution in [0, 0.1) is 11.3 Å². The summed E-state index contributed by atoms with van der Waals surface area (Å²) in [5, 5.41) is 8.63. The van der Waals surface area contributed by atoms with Gasteiger partial charge in [-0.2, -0.15) is 5.26 Å². The maximum absolute atomic E-state index is 8.63. The number of hydrogen-bond donors (Lipinski definition) is 0. The summed E-state index contributed by atoms with van der Waals surface area (Å²) in [6, 6.07) is 11.2. The van der Waals surface area contributed by atoms with E-state index in [9.17, 15) is 0 Å². The fourth-order valence-corrected chi connectivity index (χ4v) is 2.61. The van der Waals surface area contributed by atoms with Gasteiger partial charge in [-0.3, -0.25) is 4.90 Å². The zero-order valence-electron chi connectivity index (χ0n) is 12.9. The molecule has 108 valence electrons. The van der Waals surface area contributed by atoms with E-state index in [1.807, 2.05) is 0 Å². The van der Waals surface area contributed by atoms with Gasteiger partial charge in [0.1, 0.15) is 0 Å². The van der Waals surface area contributed by atoms with Crippen LogP contribution in [0.1, 0.15) is 32.8 Å². The minimum Gasteiger partial charge on any atom is -0.369 e. The number of benzene rings is 1. The third kappa shape index (κ3) is 3.74. The lowest BCUT2D eigenvalue weighted by Gasteiger charge is -2.36. The van der Waals surface area contributed by atoms with Gasteiger partial charge in [0.25, 0.3) is 0 Å². The van der Waals surface area contributed by atoms with E-state index in [0.717, 1.165) is 32.7 Å². The van der Waals surface area contributed by atoms with Crippen molar-refractivity contribution in [3.8, 4) is 6.07 Å². The standard InChI is InChI=1S/C17H25N3/c1-17(2,3)15-5-7-16(8-6-15)20-13-11-19(12-14-20)10-4-9-18/h5-8H,4,10-14H2,1-3H3. The molecule has 1 fully saturated rings. The summed E-state index contributed by atoms with van der Waals surface area (Å²) < 4.78 is 0. The first kappa shape index (κ1) is 14.9. The molecule has 0 N–H and O–H groups in total. The lowest BCUT2D eigenvalue weighted by Crippen LogP contribution is -2.46. The first-order valence-electron chi connectivity index (χ1n) is 7.45. The van der Waals surface area contributed by atoms with Gasteiger partial charge < -0.3 is 4.90 Å². The Hall–Kier alpha value is -1.53. The topological polar surface area (TPSA) is 30.3 Å². The minimum atomic E-state index is 0.217. The summed E-state index contributed by atoms with van der Waals surface area (Å²) in [6.45, 7) is 11.9. The third-order valence-corrected chi connectivity index (χ3v) is 4.01. The van der Waals surface area contributed by atoms with Crippen molar-refractivity contribution in [3.05, 3.63) is 29.8 Å². The molecule has 1 heterocycles. The number of piperazine rings is 1. The molecule has 0 unspecified atom stereocenters. The molecule has 1 aliphatic heterocycles. The average Bonchev–Trinajstić information content (AvgIpc) is 2.45. The highest BCUT2D eigenvalue weighted by Gasteiger charge is 2.18. The number of hydrogen-bond acceptors (Lipinski definition) is 3. The van der Waals surface area contributed by atoms with E-state index in [4.69, 9.17) is 5.26 Å². The Morgan fingerprint density at radius 2 is 1.65 bits per heavy atom. The van der Waals surface area contributed by atoms with Crippen LogP contribution in [0.15, 0.2) is 24.3 Å². The van der Waals surface area contributed by atoms with Crippen molar-refractivity contribution in [1.82, 2.24) is 4.90 Å². The zero-order chi connectivity index (χ0) is 14.6. The summed E-state index contributed by atoms with van der Waals surface area (Å²) in [7, 11) is 0. The number of nitrogens with zero attached hydrogens (tertiary/aromatic N) is 3. The Bertz CT molecular complexity index is 456. The predicted molar refractivity (Wildman–Crippen MR) is 84.0 cm³/mol. The predicted octanol–water partition coefficient (Wildman–Crippen LogP) is 3.02. The van der Waals surface area contributed by atoms with E-state index in [1.165, 1.54) is 11.3 Å². The fraction of sp³-hybridized carbons (Fsp3) is 0.588. The highest BCUT2D eigenvalue weighted by Crippen LogP contribution is 2.25. The number of anilines is 1. The molecule has 20 heavy (non-hydrogen) atoms. The van der Waals surface area contributed by atoms with Gasteiger partial charge in [0, 0.05) is 44.8 Å². The van der Waals surface area contributed by atoms with Crippen LogP contribution in [0.5, 0.6) is 0 Å². The van der Waals surface area contributed by atoms with E-state index in [-0.39, 0.29) is 5.41 Å². The van der Waals surface area contributed by atoms with Crippen LogP contribution in [0.3, 0.4) is 0 Å². The molecule has 3 nitrogen and oxygen atoms in total. The van der Waals surface area contributed by atoms with Crippen LogP contribution in [-0.2, 0) is 5.41 Å². The molecule has 0 atom stereocenters. The van der Waals surface area contributed by atoms with E-state index in [0.29, 0.717) is 6.42 Å². The summed E-state index contributed by atoms with van der Waals surface area (Å²) >= 11 is 0. The maximum Gasteiger partial charge on any atom is 0.0635 e. The molecule has 0 radical (unpaired) electrons. The first-order valence-corrected chi connectivity index (χ1v) is 7.45.